The molecule has 0 aliphatic carbocycles. The van der Waals surface area contributed by atoms with E-state index in [4.69, 9.17) is 10.5 Å². The van der Waals surface area contributed by atoms with E-state index in [0.29, 0.717) is 26.0 Å². The van der Waals surface area contributed by atoms with Crippen molar-refractivity contribution < 1.29 is 19.1 Å². The summed E-state index contributed by atoms with van der Waals surface area (Å²) < 4.78 is 5.88. The van der Waals surface area contributed by atoms with Crippen molar-refractivity contribution in [3.63, 3.8) is 0 Å². The summed E-state index contributed by atoms with van der Waals surface area (Å²) in [6, 6.07) is 14.1. The van der Waals surface area contributed by atoms with E-state index in [-0.39, 0.29) is 30.3 Å². The molecule has 2 aliphatic heterocycles. The number of nitrogens with two attached hydrogens (primary N) is 1. The van der Waals surface area contributed by atoms with Gasteiger partial charge in [0.05, 0.1) is 6.61 Å². The number of ether oxygens (including phenoxy) is 1. The van der Waals surface area contributed by atoms with Crippen LogP contribution in [0.3, 0.4) is 0 Å². The topological polar surface area (TPSA) is 108 Å². The van der Waals surface area contributed by atoms with Gasteiger partial charge in [-0.2, -0.15) is 0 Å². The molecule has 3 N–H and O–H groups in total. The Morgan fingerprint density at radius 1 is 1.08 bits per heavy atom. The second-order valence-electron chi connectivity index (χ2n) is 10.6. The predicted molar refractivity (Wildman–Crippen MR) is 152 cm³/mol. The minimum Gasteiger partial charge on any atom is -0.494 e. The van der Waals surface area contributed by atoms with E-state index < -0.39 is 0 Å². The van der Waals surface area contributed by atoms with E-state index in [2.05, 4.69) is 27.2 Å². The minimum atomic E-state index is -0.320. The van der Waals surface area contributed by atoms with Crippen molar-refractivity contribution in [1.29, 1.82) is 0 Å². The number of imide groups is 1. The van der Waals surface area contributed by atoms with Crippen LogP contribution in [-0.4, -0.2) is 73.4 Å². The summed E-state index contributed by atoms with van der Waals surface area (Å²) in [4.78, 5) is 41.7. The fourth-order valence-corrected chi connectivity index (χ4v) is 5.24. The average Bonchev–Trinajstić information content (AvgIpc) is 3.28. The third-order valence-electron chi connectivity index (χ3n) is 7.74. The van der Waals surface area contributed by atoms with Gasteiger partial charge < -0.3 is 20.3 Å². The van der Waals surface area contributed by atoms with Crippen molar-refractivity contribution in [2.75, 3.05) is 44.2 Å². The van der Waals surface area contributed by atoms with Crippen LogP contribution in [0.15, 0.2) is 42.5 Å². The Hall–Kier alpha value is -3.43. The zero-order valence-corrected chi connectivity index (χ0v) is 23.1. The molecule has 2 atom stereocenters. The van der Waals surface area contributed by atoms with Gasteiger partial charge in [-0.1, -0.05) is 12.1 Å². The fourth-order valence-electron chi connectivity index (χ4n) is 5.24. The molecule has 2 aliphatic rings. The number of carbonyl (C=O) groups is 3. The van der Waals surface area contributed by atoms with Gasteiger partial charge in [-0.3, -0.25) is 24.6 Å². The second-order valence-corrected chi connectivity index (χ2v) is 10.6. The van der Waals surface area contributed by atoms with E-state index in [1.54, 1.807) is 0 Å². The van der Waals surface area contributed by atoms with Gasteiger partial charge in [-0.05, 0) is 81.1 Å². The molecular formula is C30H41N5O4. The normalized spacial score (nSPS) is 17.1. The number of piperazine rings is 1. The summed E-state index contributed by atoms with van der Waals surface area (Å²) in [6.07, 6.45) is 3.24. The number of carbonyl (C=O) groups excluding carboxylic acids is 3. The first-order valence-corrected chi connectivity index (χ1v) is 14.0. The molecule has 0 spiro atoms. The minimum absolute atomic E-state index is 0.0100. The van der Waals surface area contributed by atoms with Gasteiger partial charge in [0.1, 0.15) is 5.75 Å². The maximum absolute atomic E-state index is 12.9. The molecule has 2 aromatic rings. The lowest BCUT2D eigenvalue weighted by atomic mass is 10.1. The Morgan fingerprint density at radius 2 is 1.82 bits per heavy atom. The maximum Gasteiger partial charge on any atom is 0.254 e. The van der Waals surface area contributed by atoms with Gasteiger partial charge in [-0.25, -0.2) is 0 Å². The first-order chi connectivity index (χ1) is 18.9. The summed E-state index contributed by atoms with van der Waals surface area (Å²) in [6.45, 7) is 10.2. The first kappa shape index (κ1) is 28.6. The maximum atomic E-state index is 12.9. The van der Waals surface area contributed by atoms with Crippen LogP contribution in [0.5, 0.6) is 5.75 Å². The Morgan fingerprint density at radius 3 is 2.51 bits per heavy atom. The predicted octanol–water partition coefficient (Wildman–Crippen LogP) is 3.08. The van der Waals surface area contributed by atoms with E-state index in [1.165, 1.54) is 0 Å². The number of amides is 3. The van der Waals surface area contributed by atoms with Crippen LogP contribution in [0.1, 0.15) is 67.1 Å². The molecule has 1 fully saturated rings. The van der Waals surface area contributed by atoms with Gasteiger partial charge in [-0.15, -0.1) is 0 Å². The Bertz CT molecular complexity index is 1130. The van der Waals surface area contributed by atoms with Crippen LogP contribution < -0.4 is 20.7 Å². The molecule has 210 valence electrons. The van der Waals surface area contributed by atoms with Crippen molar-refractivity contribution in [3.8, 4) is 5.75 Å². The van der Waals surface area contributed by atoms with Gasteiger partial charge in [0.25, 0.3) is 5.91 Å². The Kier molecular flexibility index (Phi) is 9.95. The molecule has 1 saturated heterocycles. The highest BCUT2D eigenvalue weighted by molar-refractivity contribution is 5.99. The number of benzene rings is 2. The lowest BCUT2D eigenvalue weighted by Gasteiger charge is -2.36. The lowest BCUT2D eigenvalue weighted by Crippen LogP contribution is -2.46. The fraction of sp³-hybridized carbons (Fsp3) is 0.500. The summed E-state index contributed by atoms with van der Waals surface area (Å²) in [5.74, 6) is 0.582. The zero-order valence-electron chi connectivity index (χ0n) is 23.1. The third kappa shape index (κ3) is 7.58. The van der Waals surface area contributed by atoms with Crippen LogP contribution in [-0.2, 0) is 16.1 Å². The molecule has 4 rings (SSSR count). The summed E-state index contributed by atoms with van der Waals surface area (Å²) >= 11 is 0. The van der Waals surface area contributed by atoms with E-state index in [0.717, 1.165) is 73.7 Å². The number of hydrogen-bond donors (Lipinski definition) is 2. The van der Waals surface area contributed by atoms with Gasteiger partial charge in [0.2, 0.25) is 12.3 Å². The smallest absolute Gasteiger partial charge is 0.254 e. The highest BCUT2D eigenvalue weighted by Gasteiger charge is 2.31. The standard InChI is InChI=1S/C30H41N5O4/c1-22(5-12-29(37)32-21-36)35-20-25-19-26(8-11-28(25)30(35)38)34-16-14-33(15-17-34)13-3-4-18-39-27-9-6-24(7-10-27)23(2)31/h6-11,19,21-23H,3-5,12-18,20,31H2,1-2H3,(H,32,36,37). The molecule has 3 amide bonds. The summed E-state index contributed by atoms with van der Waals surface area (Å²) in [5, 5.41) is 2.15. The van der Waals surface area contributed by atoms with Crippen LogP contribution in [0, 0.1) is 0 Å². The average molecular weight is 536 g/mol. The third-order valence-corrected chi connectivity index (χ3v) is 7.74. The largest absolute Gasteiger partial charge is 0.494 e. The molecule has 2 heterocycles. The molecule has 9 heteroatoms. The molecule has 0 aromatic heterocycles. The quantitative estimate of drug-likeness (QED) is 0.300. The van der Waals surface area contributed by atoms with Crippen LogP contribution in [0.4, 0.5) is 5.69 Å². The zero-order chi connectivity index (χ0) is 27.8. The number of unbranched alkanes of at least 4 members (excludes halogenated alkanes) is 1. The van der Waals surface area contributed by atoms with Gasteiger partial charge >= 0.3 is 0 Å². The van der Waals surface area contributed by atoms with Gasteiger partial charge in [0, 0.05) is 62.5 Å². The van der Waals surface area contributed by atoms with Crippen LogP contribution in [0.25, 0.3) is 0 Å². The van der Waals surface area contributed by atoms with Crippen molar-refractivity contribution >= 4 is 23.9 Å². The van der Waals surface area contributed by atoms with E-state index in [1.807, 2.05) is 49.1 Å². The summed E-state index contributed by atoms with van der Waals surface area (Å²) in [5.41, 5.74) is 9.95. The van der Waals surface area contributed by atoms with Crippen molar-refractivity contribution in [1.82, 2.24) is 15.1 Å². The number of rotatable bonds is 13. The monoisotopic (exact) mass is 535 g/mol. The number of nitrogens with zero attached hydrogens (tertiary/aromatic N) is 3. The van der Waals surface area contributed by atoms with E-state index in [9.17, 15) is 14.4 Å². The molecular weight excluding hydrogens is 494 g/mol. The van der Waals surface area contributed by atoms with E-state index >= 15 is 0 Å². The first-order valence-electron chi connectivity index (χ1n) is 14.0. The Balaban J connectivity index is 1.17. The Labute approximate surface area is 231 Å². The van der Waals surface area contributed by atoms with Crippen molar-refractivity contribution in [3.05, 3.63) is 59.2 Å². The highest BCUT2D eigenvalue weighted by Crippen LogP contribution is 2.30. The lowest BCUT2D eigenvalue weighted by molar-refractivity contribution is -0.125. The summed E-state index contributed by atoms with van der Waals surface area (Å²) in [7, 11) is 0. The van der Waals surface area contributed by atoms with Gasteiger partial charge in [0.15, 0.2) is 0 Å². The van der Waals surface area contributed by atoms with Crippen molar-refractivity contribution in [2.24, 2.45) is 5.73 Å². The molecule has 9 nitrogen and oxygen atoms in total. The highest BCUT2D eigenvalue weighted by atomic mass is 16.5. The van der Waals surface area contributed by atoms with Crippen molar-refractivity contribution in [2.45, 2.75) is 58.2 Å². The SMILES string of the molecule is CC(N)c1ccc(OCCCCN2CCN(c3ccc4c(c3)CN(C(C)CCC(=O)NC=O)C4=O)CC2)cc1. The van der Waals surface area contributed by atoms with Crippen LogP contribution in [0.2, 0.25) is 0 Å². The molecule has 0 saturated carbocycles. The number of hydrogen-bond acceptors (Lipinski definition) is 7. The molecule has 0 bridgehead atoms. The number of anilines is 1. The number of fused-ring (bicyclic) bond motifs is 1. The second kappa shape index (κ2) is 13.6. The molecule has 0 radical (unpaired) electrons. The molecule has 39 heavy (non-hydrogen) atoms. The number of nitrogens with one attached hydrogen (secondary N) is 1. The molecule has 2 aromatic carbocycles. The van der Waals surface area contributed by atoms with Crippen LogP contribution >= 0.6 is 0 Å². The molecule has 2 unspecified atom stereocenters.